The Bertz CT molecular complexity index is 615. The summed E-state index contributed by atoms with van der Waals surface area (Å²) in [5, 5.41) is 8.91. The fourth-order valence-electron chi connectivity index (χ4n) is 3.32. The van der Waals surface area contributed by atoms with Gasteiger partial charge < -0.3 is 19.5 Å². The molecule has 130 valence electrons. The predicted octanol–water partition coefficient (Wildman–Crippen LogP) is 2.71. The van der Waals surface area contributed by atoms with Crippen LogP contribution in [-0.2, 0) is 4.79 Å². The van der Waals surface area contributed by atoms with Crippen molar-refractivity contribution in [2.75, 3.05) is 19.8 Å². The Morgan fingerprint density at radius 1 is 1.12 bits per heavy atom. The fourth-order valence-corrected chi connectivity index (χ4v) is 3.32. The lowest BCUT2D eigenvalue weighted by Gasteiger charge is -2.35. The number of carboxylic acids is 1. The Kier molecular flexibility index (Phi) is 5.23. The van der Waals surface area contributed by atoms with Gasteiger partial charge >= 0.3 is 5.97 Å². The summed E-state index contributed by atoms with van der Waals surface area (Å²) in [7, 11) is 0. The molecule has 6 heteroatoms. The van der Waals surface area contributed by atoms with E-state index in [4.69, 9.17) is 14.6 Å². The van der Waals surface area contributed by atoms with Crippen LogP contribution in [-0.4, -0.2) is 47.7 Å². The normalized spacial score (nSPS) is 20.3. The molecule has 1 N–H and O–H groups in total. The first-order valence-corrected chi connectivity index (χ1v) is 8.57. The molecule has 1 aromatic carbocycles. The van der Waals surface area contributed by atoms with Crippen LogP contribution in [0.25, 0.3) is 0 Å². The zero-order chi connectivity index (χ0) is 16.9. The molecule has 2 heterocycles. The first-order chi connectivity index (χ1) is 11.6. The SMILES string of the molecule is O=C(O)CC[C@@H]1CCCCN1C(=O)c1ccc2c(c1)OCCCO2. The number of hydrogen-bond acceptors (Lipinski definition) is 4. The van der Waals surface area contributed by atoms with E-state index < -0.39 is 5.97 Å². The number of hydrogen-bond donors (Lipinski definition) is 1. The quantitative estimate of drug-likeness (QED) is 0.917. The Morgan fingerprint density at radius 3 is 2.71 bits per heavy atom. The van der Waals surface area contributed by atoms with Crippen LogP contribution in [0.2, 0.25) is 0 Å². The van der Waals surface area contributed by atoms with E-state index in [-0.39, 0.29) is 18.4 Å². The molecule has 0 aliphatic carbocycles. The molecule has 0 saturated carbocycles. The number of nitrogens with zero attached hydrogens (tertiary/aromatic N) is 1. The number of fused-ring (bicyclic) bond motifs is 1. The number of benzene rings is 1. The second kappa shape index (κ2) is 7.55. The number of carbonyl (C=O) groups excluding carboxylic acids is 1. The minimum atomic E-state index is -0.816. The monoisotopic (exact) mass is 333 g/mol. The van der Waals surface area contributed by atoms with E-state index in [2.05, 4.69) is 0 Å². The molecule has 24 heavy (non-hydrogen) atoms. The fraction of sp³-hybridized carbons (Fsp3) is 0.556. The smallest absolute Gasteiger partial charge is 0.303 e. The van der Waals surface area contributed by atoms with Crippen molar-refractivity contribution < 1.29 is 24.2 Å². The summed E-state index contributed by atoms with van der Waals surface area (Å²) in [6.07, 6.45) is 4.28. The van der Waals surface area contributed by atoms with Crippen molar-refractivity contribution in [1.29, 1.82) is 0 Å². The maximum atomic E-state index is 12.9. The zero-order valence-electron chi connectivity index (χ0n) is 13.7. The lowest BCUT2D eigenvalue weighted by molar-refractivity contribution is -0.137. The van der Waals surface area contributed by atoms with Gasteiger partial charge in [0.15, 0.2) is 11.5 Å². The van der Waals surface area contributed by atoms with Crippen LogP contribution in [0, 0.1) is 0 Å². The van der Waals surface area contributed by atoms with Crippen molar-refractivity contribution in [3.05, 3.63) is 23.8 Å². The van der Waals surface area contributed by atoms with Crippen LogP contribution in [0.15, 0.2) is 18.2 Å². The Balaban J connectivity index is 1.76. The van der Waals surface area contributed by atoms with Crippen LogP contribution >= 0.6 is 0 Å². The van der Waals surface area contributed by atoms with Crippen molar-refractivity contribution in [3.63, 3.8) is 0 Å². The minimum absolute atomic E-state index is 0.00155. The molecule has 0 radical (unpaired) electrons. The third kappa shape index (κ3) is 3.80. The number of carboxylic acid groups (broad SMARTS) is 1. The highest BCUT2D eigenvalue weighted by atomic mass is 16.5. The van der Waals surface area contributed by atoms with Crippen molar-refractivity contribution >= 4 is 11.9 Å². The molecule has 0 unspecified atom stereocenters. The number of carbonyl (C=O) groups is 2. The van der Waals surface area contributed by atoms with Crippen molar-refractivity contribution in [2.45, 2.75) is 44.6 Å². The maximum absolute atomic E-state index is 12.9. The van der Waals surface area contributed by atoms with Gasteiger partial charge in [-0.2, -0.15) is 0 Å². The molecule has 1 saturated heterocycles. The summed E-state index contributed by atoms with van der Waals surface area (Å²) in [6, 6.07) is 5.28. The highest BCUT2D eigenvalue weighted by Crippen LogP contribution is 2.32. The lowest BCUT2D eigenvalue weighted by Crippen LogP contribution is -2.44. The van der Waals surface area contributed by atoms with Crippen LogP contribution in [0.3, 0.4) is 0 Å². The molecule has 0 spiro atoms. The molecular weight excluding hydrogens is 310 g/mol. The summed E-state index contributed by atoms with van der Waals surface area (Å²) < 4.78 is 11.3. The molecule has 2 aliphatic rings. The van der Waals surface area contributed by atoms with E-state index in [0.717, 1.165) is 25.7 Å². The Labute approximate surface area is 141 Å². The topological polar surface area (TPSA) is 76.1 Å². The maximum Gasteiger partial charge on any atom is 0.303 e. The van der Waals surface area contributed by atoms with E-state index >= 15 is 0 Å². The molecule has 3 rings (SSSR count). The molecule has 6 nitrogen and oxygen atoms in total. The first-order valence-electron chi connectivity index (χ1n) is 8.57. The van der Waals surface area contributed by atoms with E-state index in [1.54, 1.807) is 18.2 Å². The van der Waals surface area contributed by atoms with Gasteiger partial charge in [-0.05, 0) is 43.9 Å². The van der Waals surface area contributed by atoms with Gasteiger partial charge in [0.05, 0.1) is 13.2 Å². The first kappa shape index (κ1) is 16.6. The minimum Gasteiger partial charge on any atom is -0.490 e. The lowest BCUT2D eigenvalue weighted by atomic mass is 9.97. The summed E-state index contributed by atoms with van der Waals surface area (Å²) in [6.45, 7) is 1.87. The number of amides is 1. The van der Waals surface area contributed by atoms with Gasteiger partial charge in [-0.3, -0.25) is 9.59 Å². The van der Waals surface area contributed by atoms with E-state index in [0.29, 0.717) is 43.2 Å². The zero-order valence-corrected chi connectivity index (χ0v) is 13.7. The number of likely N-dealkylation sites (tertiary alicyclic amines) is 1. The Morgan fingerprint density at radius 2 is 1.92 bits per heavy atom. The number of ether oxygens (including phenoxy) is 2. The van der Waals surface area contributed by atoms with E-state index in [1.807, 2.05) is 4.90 Å². The molecule has 1 aromatic rings. The third-order valence-corrected chi connectivity index (χ3v) is 4.57. The van der Waals surface area contributed by atoms with Crippen LogP contribution < -0.4 is 9.47 Å². The average Bonchev–Trinajstić information content (AvgIpc) is 2.84. The van der Waals surface area contributed by atoms with Crippen molar-refractivity contribution in [1.82, 2.24) is 4.90 Å². The highest BCUT2D eigenvalue weighted by Gasteiger charge is 2.28. The average molecular weight is 333 g/mol. The van der Waals surface area contributed by atoms with Gasteiger partial charge in [0.2, 0.25) is 0 Å². The third-order valence-electron chi connectivity index (χ3n) is 4.57. The summed E-state index contributed by atoms with van der Waals surface area (Å²) in [4.78, 5) is 25.6. The van der Waals surface area contributed by atoms with Crippen LogP contribution in [0.4, 0.5) is 0 Å². The van der Waals surface area contributed by atoms with Crippen molar-refractivity contribution in [3.8, 4) is 11.5 Å². The molecular formula is C18H23NO5. The highest BCUT2D eigenvalue weighted by molar-refractivity contribution is 5.95. The number of piperidine rings is 1. The van der Waals surface area contributed by atoms with Gasteiger partial charge in [-0.15, -0.1) is 0 Å². The predicted molar refractivity (Wildman–Crippen MR) is 87.6 cm³/mol. The molecule has 0 aromatic heterocycles. The van der Waals surface area contributed by atoms with Crippen LogP contribution in [0.1, 0.15) is 48.9 Å². The van der Waals surface area contributed by atoms with Gasteiger partial charge in [-0.1, -0.05) is 0 Å². The van der Waals surface area contributed by atoms with Crippen molar-refractivity contribution in [2.24, 2.45) is 0 Å². The van der Waals surface area contributed by atoms with Gasteiger partial charge in [0.25, 0.3) is 5.91 Å². The molecule has 1 atom stereocenters. The standard InChI is InChI=1S/C18H23NO5/c20-17(21)8-6-14-4-1-2-9-19(14)18(22)13-5-7-15-16(12-13)24-11-3-10-23-15/h5,7,12,14H,1-4,6,8-11H2,(H,20,21)/t14-/m0/s1. The molecule has 2 aliphatic heterocycles. The van der Waals surface area contributed by atoms with Gasteiger partial charge in [0.1, 0.15) is 0 Å². The molecule has 0 bridgehead atoms. The van der Waals surface area contributed by atoms with Gasteiger partial charge in [0, 0.05) is 31.0 Å². The second-order valence-electron chi connectivity index (χ2n) is 6.29. The van der Waals surface area contributed by atoms with E-state index in [9.17, 15) is 9.59 Å². The summed E-state index contributed by atoms with van der Waals surface area (Å²) >= 11 is 0. The molecule has 1 fully saturated rings. The number of aliphatic carboxylic acids is 1. The Hall–Kier alpha value is -2.24. The summed E-state index contributed by atoms with van der Waals surface area (Å²) in [5.74, 6) is 0.409. The van der Waals surface area contributed by atoms with Gasteiger partial charge in [-0.25, -0.2) is 0 Å². The van der Waals surface area contributed by atoms with Crippen LogP contribution in [0.5, 0.6) is 11.5 Å². The molecule has 1 amide bonds. The van der Waals surface area contributed by atoms with E-state index in [1.165, 1.54) is 0 Å². The summed E-state index contributed by atoms with van der Waals surface area (Å²) in [5.41, 5.74) is 0.571. The number of rotatable bonds is 4. The largest absolute Gasteiger partial charge is 0.490 e. The second-order valence-corrected chi connectivity index (χ2v) is 6.29.